The first kappa shape index (κ1) is 38.9. The van der Waals surface area contributed by atoms with Crippen LogP contribution >= 0.6 is 0 Å². The van der Waals surface area contributed by atoms with Crippen LogP contribution in [-0.2, 0) is 9.59 Å². The molecule has 0 radical (unpaired) electrons. The molecule has 0 aliphatic heterocycles. The lowest BCUT2D eigenvalue weighted by Crippen LogP contribution is -2.23. The lowest BCUT2D eigenvalue weighted by molar-refractivity contribution is -0.122. The smallest absolute Gasteiger partial charge is 0.219 e. The molecule has 0 aliphatic carbocycles. The van der Waals surface area contributed by atoms with Gasteiger partial charge in [0.05, 0.1) is 0 Å². The van der Waals surface area contributed by atoms with Crippen molar-refractivity contribution in [2.45, 2.75) is 206 Å². The summed E-state index contributed by atoms with van der Waals surface area (Å²) in [6.07, 6.45) is 37.5. The Morgan fingerprint density at radius 1 is 0.325 bits per heavy atom. The van der Waals surface area contributed by atoms with Crippen LogP contribution in [0.3, 0.4) is 0 Å². The second-order valence-corrected chi connectivity index (χ2v) is 12.4. The molecule has 0 fully saturated rings. The van der Waals surface area contributed by atoms with Crippen molar-refractivity contribution in [2.24, 2.45) is 0 Å². The predicted octanol–water partition coefficient (Wildman–Crippen LogP) is 11.0. The van der Waals surface area contributed by atoms with Gasteiger partial charge >= 0.3 is 0 Å². The molecule has 2 N–H and O–H groups in total. The van der Waals surface area contributed by atoms with Crippen LogP contribution in [0.25, 0.3) is 0 Å². The number of nitrogens with one attached hydrogen (secondary N) is 2. The Kier molecular flexibility index (Phi) is 33.2. The molecule has 0 aromatic heterocycles. The average molecular weight is 565 g/mol. The standard InChI is InChI=1S/C36H72N2O2/c1-3-5-7-9-11-15-19-23-27-31-35(39)37-33-29-25-21-17-13-14-18-22-26-30-34-38-36(40)32-28-24-20-16-12-10-8-6-4-2/h3-34H2,1-2H3,(H,37,39)(H,38,40). The van der Waals surface area contributed by atoms with Crippen molar-refractivity contribution in [3.8, 4) is 0 Å². The third-order valence-electron chi connectivity index (χ3n) is 8.26. The van der Waals surface area contributed by atoms with Gasteiger partial charge < -0.3 is 10.6 Å². The number of hydrogen-bond acceptors (Lipinski definition) is 2. The number of carbonyl (C=O) groups excluding carboxylic acids is 2. The van der Waals surface area contributed by atoms with Crippen molar-refractivity contribution in [1.29, 1.82) is 0 Å². The molecule has 4 heteroatoms. The predicted molar refractivity (Wildman–Crippen MR) is 176 cm³/mol. The molecule has 0 unspecified atom stereocenters. The highest BCUT2D eigenvalue weighted by atomic mass is 16.2. The molecule has 2 amide bonds. The van der Waals surface area contributed by atoms with Gasteiger partial charge in [-0.1, -0.05) is 168 Å². The summed E-state index contributed by atoms with van der Waals surface area (Å²) in [5, 5.41) is 6.22. The minimum absolute atomic E-state index is 0.251. The van der Waals surface area contributed by atoms with E-state index in [4.69, 9.17) is 0 Å². The summed E-state index contributed by atoms with van der Waals surface area (Å²) >= 11 is 0. The van der Waals surface area contributed by atoms with Crippen molar-refractivity contribution >= 4 is 11.8 Å². The van der Waals surface area contributed by atoms with Crippen molar-refractivity contribution in [3.63, 3.8) is 0 Å². The molecule has 0 spiro atoms. The van der Waals surface area contributed by atoms with E-state index in [1.165, 1.54) is 154 Å². The molecular formula is C36H72N2O2. The van der Waals surface area contributed by atoms with E-state index in [0.717, 1.165) is 38.8 Å². The lowest BCUT2D eigenvalue weighted by Gasteiger charge is -2.06. The molecule has 40 heavy (non-hydrogen) atoms. The molecule has 0 aliphatic rings. The number of rotatable bonds is 33. The maximum Gasteiger partial charge on any atom is 0.219 e. The van der Waals surface area contributed by atoms with Gasteiger partial charge in [0.15, 0.2) is 0 Å². The molecule has 238 valence electrons. The summed E-state index contributed by atoms with van der Waals surface area (Å²) in [4.78, 5) is 23.9. The minimum atomic E-state index is 0.251. The minimum Gasteiger partial charge on any atom is -0.356 e. The van der Waals surface area contributed by atoms with Crippen LogP contribution in [0.15, 0.2) is 0 Å². The maximum absolute atomic E-state index is 12.0. The molecule has 0 heterocycles. The lowest BCUT2D eigenvalue weighted by atomic mass is 10.1. The van der Waals surface area contributed by atoms with E-state index >= 15 is 0 Å². The first-order valence-corrected chi connectivity index (χ1v) is 18.2. The van der Waals surface area contributed by atoms with E-state index in [1.807, 2.05) is 0 Å². The van der Waals surface area contributed by atoms with Crippen molar-refractivity contribution in [3.05, 3.63) is 0 Å². The van der Waals surface area contributed by atoms with E-state index in [-0.39, 0.29) is 11.8 Å². The monoisotopic (exact) mass is 565 g/mol. The van der Waals surface area contributed by atoms with Gasteiger partial charge in [-0.25, -0.2) is 0 Å². The van der Waals surface area contributed by atoms with E-state index in [9.17, 15) is 9.59 Å². The fourth-order valence-electron chi connectivity index (χ4n) is 5.49. The second kappa shape index (κ2) is 34.1. The van der Waals surface area contributed by atoms with Crippen LogP contribution < -0.4 is 10.6 Å². The average Bonchev–Trinajstić information content (AvgIpc) is 2.95. The van der Waals surface area contributed by atoms with E-state index in [0.29, 0.717) is 12.8 Å². The summed E-state index contributed by atoms with van der Waals surface area (Å²) in [6.45, 7) is 6.24. The summed E-state index contributed by atoms with van der Waals surface area (Å²) in [6, 6.07) is 0. The highest BCUT2D eigenvalue weighted by Gasteiger charge is 2.02. The van der Waals surface area contributed by atoms with Gasteiger partial charge in [-0.05, 0) is 25.7 Å². The first-order chi connectivity index (χ1) is 19.7. The van der Waals surface area contributed by atoms with Crippen LogP contribution in [0, 0.1) is 0 Å². The van der Waals surface area contributed by atoms with Gasteiger partial charge in [-0.2, -0.15) is 0 Å². The van der Waals surface area contributed by atoms with Crippen LogP contribution in [0.2, 0.25) is 0 Å². The van der Waals surface area contributed by atoms with Gasteiger partial charge in [0.1, 0.15) is 0 Å². The fraction of sp³-hybridized carbons (Fsp3) is 0.944. The summed E-state index contributed by atoms with van der Waals surface area (Å²) in [5.74, 6) is 0.502. The Morgan fingerprint density at radius 3 is 0.825 bits per heavy atom. The van der Waals surface area contributed by atoms with Gasteiger partial charge in [-0.3, -0.25) is 9.59 Å². The summed E-state index contributed by atoms with van der Waals surface area (Å²) < 4.78 is 0. The molecule has 0 rings (SSSR count). The molecule has 4 nitrogen and oxygen atoms in total. The number of unbranched alkanes of at least 4 members (excludes halogenated alkanes) is 25. The van der Waals surface area contributed by atoms with Crippen molar-refractivity contribution in [1.82, 2.24) is 10.6 Å². The third-order valence-corrected chi connectivity index (χ3v) is 8.26. The highest BCUT2D eigenvalue weighted by Crippen LogP contribution is 2.13. The van der Waals surface area contributed by atoms with Crippen LogP contribution in [0.4, 0.5) is 0 Å². The summed E-state index contributed by atoms with van der Waals surface area (Å²) in [7, 11) is 0. The Labute approximate surface area is 251 Å². The van der Waals surface area contributed by atoms with Crippen LogP contribution in [0.1, 0.15) is 206 Å². The van der Waals surface area contributed by atoms with Crippen molar-refractivity contribution in [2.75, 3.05) is 13.1 Å². The molecule has 0 bridgehead atoms. The number of hydrogen-bond donors (Lipinski definition) is 2. The second-order valence-electron chi connectivity index (χ2n) is 12.4. The van der Waals surface area contributed by atoms with Crippen LogP contribution in [-0.4, -0.2) is 24.9 Å². The zero-order valence-electron chi connectivity index (χ0n) is 27.4. The van der Waals surface area contributed by atoms with Gasteiger partial charge in [0.25, 0.3) is 0 Å². The first-order valence-electron chi connectivity index (χ1n) is 18.2. The van der Waals surface area contributed by atoms with Gasteiger partial charge in [0.2, 0.25) is 11.8 Å². The topological polar surface area (TPSA) is 58.2 Å². The highest BCUT2D eigenvalue weighted by molar-refractivity contribution is 5.76. The Morgan fingerprint density at radius 2 is 0.550 bits per heavy atom. The summed E-state index contributed by atoms with van der Waals surface area (Å²) in [5.41, 5.74) is 0. The largest absolute Gasteiger partial charge is 0.356 e. The van der Waals surface area contributed by atoms with Crippen molar-refractivity contribution < 1.29 is 9.59 Å². The van der Waals surface area contributed by atoms with Gasteiger partial charge in [0, 0.05) is 25.9 Å². The van der Waals surface area contributed by atoms with E-state index in [2.05, 4.69) is 24.5 Å². The number of amides is 2. The Bertz CT molecular complexity index is 477. The molecule has 0 saturated heterocycles. The van der Waals surface area contributed by atoms with Gasteiger partial charge in [-0.15, -0.1) is 0 Å². The maximum atomic E-state index is 12.0. The molecule has 0 aromatic carbocycles. The Hall–Kier alpha value is -1.06. The SMILES string of the molecule is CCCCCCCCCCCC(=O)NCCCCCCCCCCCCNC(=O)CCCCCCCCCCC. The zero-order chi connectivity index (χ0) is 29.2. The molecular weight excluding hydrogens is 492 g/mol. The third kappa shape index (κ3) is 33.1. The normalized spacial score (nSPS) is 11.2. The molecule has 0 aromatic rings. The van der Waals surface area contributed by atoms with E-state index < -0.39 is 0 Å². The fourth-order valence-corrected chi connectivity index (χ4v) is 5.49. The number of carbonyl (C=O) groups is 2. The molecule has 0 atom stereocenters. The zero-order valence-corrected chi connectivity index (χ0v) is 27.4. The Balaban J connectivity index is 3.21. The van der Waals surface area contributed by atoms with E-state index in [1.54, 1.807) is 0 Å². The molecule has 0 saturated carbocycles. The van der Waals surface area contributed by atoms with Crippen LogP contribution in [0.5, 0.6) is 0 Å². The quantitative estimate of drug-likeness (QED) is 0.0779.